The maximum Gasteiger partial charge on any atom is 0.217 e. The van der Waals surface area contributed by atoms with Gasteiger partial charge in [0.25, 0.3) is 0 Å². The fraction of sp³-hybridized carbons (Fsp3) is 0.538. The van der Waals surface area contributed by atoms with Gasteiger partial charge < -0.3 is 11.1 Å². The summed E-state index contributed by atoms with van der Waals surface area (Å²) >= 11 is 0. The monoisotopic (exact) mass is 233 g/mol. The average Bonchev–Trinajstić information content (AvgIpc) is 2.34. The van der Waals surface area contributed by atoms with Gasteiger partial charge in [0, 0.05) is 18.7 Å². The van der Waals surface area contributed by atoms with E-state index in [0.29, 0.717) is 12.5 Å². The zero-order chi connectivity index (χ0) is 12.1. The Morgan fingerprint density at radius 1 is 1.59 bits per heavy atom. The van der Waals surface area contributed by atoms with Gasteiger partial charge in [-0.1, -0.05) is 6.07 Å². The molecule has 4 nitrogen and oxygen atoms in total. The predicted octanol–water partition coefficient (Wildman–Crippen LogP) is 1.31. The highest BCUT2D eigenvalue weighted by Gasteiger charge is 2.20. The van der Waals surface area contributed by atoms with E-state index in [1.165, 1.54) is 17.7 Å². The lowest BCUT2D eigenvalue weighted by molar-refractivity contribution is -0.118. The van der Waals surface area contributed by atoms with Gasteiger partial charge in [-0.15, -0.1) is 0 Å². The number of nitrogens with zero attached hydrogens (tertiary/aromatic N) is 1. The molecular weight excluding hydrogens is 214 g/mol. The molecule has 1 aromatic heterocycles. The molecule has 1 aromatic rings. The molecule has 0 spiro atoms. The summed E-state index contributed by atoms with van der Waals surface area (Å²) in [5.74, 6) is -0.228. The third kappa shape index (κ3) is 3.27. The van der Waals surface area contributed by atoms with Gasteiger partial charge in [0.15, 0.2) is 0 Å². The Labute approximate surface area is 102 Å². The van der Waals surface area contributed by atoms with E-state index in [1.54, 1.807) is 0 Å². The van der Waals surface area contributed by atoms with Crippen LogP contribution in [0.2, 0.25) is 0 Å². The Morgan fingerprint density at radius 3 is 3.29 bits per heavy atom. The van der Waals surface area contributed by atoms with Gasteiger partial charge in [-0.05, 0) is 43.9 Å². The Hall–Kier alpha value is -1.42. The molecule has 92 valence electrons. The molecule has 17 heavy (non-hydrogen) atoms. The molecule has 1 atom stereocenters. The van der Waals surface area contributed by atoms with E-state index in [1.807, 2.05) is 12.3 Å². The summed E-state index contributed by atoms with van der Waals surface area (Å²) in [7, 11) is 0. The number of nitrogens with one attached hydrogen (secondary N) is 1. The van der Waals surface area contributed by atoms with Crippen LogP contribution >= 0.6 is 0 Å². The summed E-state index contributed by atoms with van der Waals surface area (Å²) in [6, 6.07) is 4.49. The number of hydrogen-bond donors (Lipinski definition) is 2. The summed E-state index contributed by atoms with van der Waals surface area (Å²) in [5, 5.41) is 3.46. The van der Waals surface area contributed by atoms with E-state index in [9.17, 15) is 4.79 Å². The Kier molecular flexibility index (Phi) is 4.09. The molecule has 0 saturated carbocycles. The molecule has 3 N–H and O–H groups in total. The lowest BCUT2D eigenvalue weighted by atomic mass is 9.92. The third-order valence-electron chi connectivity index (χ3n) is 3.19. The summed E-state index contributed by atoms with van der Waals surface area (Å²) < 4.78 is 0. The molecular formula is C13H19N3O. The number of pyridine rings is 1. The second-order valence-electron chi connectivity index (χ2n) is 4.52. The van der Waals surface area contributed by atoms with E-state index in [-0.39, 0.29) is 5.91 Å². The first-order valence-corrected chi connectivity index (χ1v) is 6.23. The number of nitrogens with two attached hydrogens (primary N) is 1. The van der Waals surface area contributed by atoms with Crippen LogP contribution in [0.3, 0.4) is 0 Å². The van der Waals surface area contributed by atoms with Gasteiger partial charge in [0.05, 0.1) is 5.69 Å². The van der Waals surface area contributed by atoms with Gasteiger partial charge >= 0.3 is 0 Å². The van der Waals surface area contributed by atoms with Crippen molar-refractivity contribution in [1.82, 2.24) is 10.3 Å². The normalized spacial score (nSPS) is 18.7. The number of aromatic nitrogens is 1. The van der Waals surface area contributed by atoms with Gasteiger partial charge in [-0.2, -0.15) is 0 Å². The van der Waals surface area contributed by atoms with Crippen molar-refractivity contribution in [2.45, 2.75) is 38.1 Å². The largest absolute Gasteiger partial charge is 0.370 e. The van der Waals surface area contributed by atoms with Crippen LogP contribution in [0.4, 0.5) is 0 Å². The van der Waals surface area contributed by atoms with Crippen LogP contribution in [-0.2, 0) is 11.2 Å². The summed E-state index contributed by atoms with van der Waals surface area (Å²) in [6.45, 7) is 0.823. The number of hydrogen-bond acceptors (Lipinski definition) is 3. The van der Waals surface area contributed by atoms with Crippen molar-refractivity contribution in [3.8, 4) is 0 Å². The first-order chi connectivity index (χ1) is 8.27. The maximum absolute atomic E-state index is 10.6. The smallest absolute Gasteiger partial charge is 0.217 e. The Balaban J connectivity index is 1.88. The highest BCUT2D eigenvalue weighted by molar-refractivity contribution is 5.73. The molecule has 1 unspecified atom stereocenters. The molecule has 1 amide bonds. The van der Waals surface area contributed by atoms with Crippen LogP contribution in [0.1, 0.15) is 43.0 Å². The van der Waals surface area contributed by atoms with Crippen LogP contribution in [0.25, 0.3) is 0 Å². The number of carbonyl (C=O) groups is 1. The molecule has 0 aliphatic heterocycles. The fourth-order valence-corrected chi connectivity index (χ4v) is 2.35. The molecule has 0 fully saturated rings. The molecule has 4 heteroatoms. The van der Waals surface area contributed by atoms with Crippen LogP contribution < -0.4 is 11.1 Å². The minimum absolute atomic E-state index is 0.228. The highest BCUT2D eigenvalue weighted by atomic mass is 16.1. The molecule has 1 aliphatic rings. The van der Waals surface area contributed by atoms with Crippen molar-refractivity contribution in [3.63, 3.8) is 0 Å². The van der Waals surface area contributed by atoms with Crippen molar-refractivity contribution in [2.75, 3.05) is 6.54 Å². The highest BCUT2D eigenvalue weighted by Crippen LogP contribution is 2.27. The quantitative estimate of drug-likeness (QED) is 0.753. The Morgan fingerprint density at radius 2 is 2.47 bits per heavy atom. The topological polar surface area (TPSA) is 68.0 Å². The number of aryl methyl sites for hydroxylation is 1. The summed E-state index contributed by atoms with van der Waals surface area (Å²) in [4.78, 5) is 15.1. The van der Waals surface area contributed by atoms with E-state index in [4.69, 9.17) is 5.73 Å². The van der Waals surface area contributed by atoms with Crippen LogP contribution in [0.5, 0.6) is 0 Å². The number of rotatable bonds is 5. The standard InChI is InChI=1S/C13H19N3O/c14-12(17)7-3-8-15-11-6-1-4-10-5-2-9-16-13(10)11/h2,5,9,11,15H,1,3-4,6-8H2,(H2,14,17). The Bertz CT molecular complexity index is 392. The van der Waals surface area contributed by atoms with Crippen molar-refractivity contribution >= 4 is 5.91 Å². The minimum Gasteiger partial charge on any atom is -0.370 e. The van der Waals surface area contributed by atoms with Crippen molar-refractivity contribution in [2.24, 2.45) is 5.73 Å². The number of amides is 1. The first kappa shape index (κ1) is 12.0. The molecule has 2 rings (SSSR count). The zero-order valence-electron chi connectivity index (χ0n) is 9.98. The van der Waals surface area contributed by atoms with Crippen molar-refractivity contribution in [3.05, 3.63) is 29.6 Å². The van der Waals surface area contributed by atoms with E-state index in [0.717, 1.165) is 25.8 Å². The SMILES string of the molecule is NC(=O)CCCNC1CCCc2cccnc21. The fourth-order valence-electron chi connectivity index (χ4n) is 2.35. The molecule has 1 heterocycles. The lowest BCUT2D eigenvalue weighted by Crippen LogP contribution is -2.27. The zero-order valence-corrected chi connectivity index (χ0v) is 9.98. The van der Waals surface area contributed by atoms with Crippen LogP contribution in [0, 0.1) is 0 Å². The number of fused-ring (bicyclic) bond motifs is 1. The first-order valence-electron chi connectivity index (χ1n) is 6.23. The maximum atomic E-state index is 10.6. The van der Waals surface area contributed by atoms with Gasteiger partial charge in [-0.3, -0.25) is 9.78 Å². The summed E-state index contributed by atoms with van der Waals surface area (Å²) in [6.07, 6.45) is 6.56. The summed E-state index contributed by atoms with van der Waals surface area (Å²) in [5.41, 5.74) is 7.64. The third-order valence-corrected chi connectivity index (χ3v) is 3.19. The van der Waals surface area contributed by atoms with E-state index >= 15 is 0 Å². The lowest BCUT2D eigenvalue weighted by Gasteiger charge is -2.25. The molecule has 0 saturated heterocycles. The number of primary amides is 1. The minimum atomic E-state index is -0.228. The van der Waals surface area contributed by atoms with E-state index < -0.39 is 0 Å². The molecule has 1 aliphatic carbocycles. The second-order valence-corrected chi connectivity index (χ2v) is 4.52. The van der Waals surface area contributed by atoms with Gasteiger partial charge in [0.2, 0.25) is 5.91 Å². The van der Waals surface area contributed by atoms with Crippen molar-refractivity contribution in [1.29, 1.82) is 0 Å². The van der Waals surface area contributed by atoms with Crippen LogP contribution in [-0.4, -0.2) is 17.4 Å². The second kappa shape index (κ2) is 5.77. The van der Waals surface area contributed by atoms with E-state index in [2.05, 4.69) is 16.4 Å². The van der Waals surface area contributed by atoms with Gasteiger partial charge in [0.1, 0.15) is 0 Å². The van der Waals surface area contributed by atoms with Crippen molar-refractivity contribution < 1.29 is 4.79 Å². The molecule has 0 radical (unpaired) electrons. The average molecular weight is 233 g/mol. The molecule has 0 aromatic carbocycles. The molecule has 0 bridgehead atoms. The predicted molar refractivity (Wildman–Crippen MR) is 66.3 cm³/mol. The van der Waals surface area contributed by atoms with Crippen LogP contribution in [0.15, 0.2) is 18.3 Å². The van der Waals surface area contributed by atoms with Gasteiger partial charge in [-0.25, -0.2) is 0 Å². The number of carbonyl (C=O) groups excluding carboxylic acids is 1.